The number of hydrogen-bond acceptors (Lipinski definition) is 5. The molecule has 1 atom stereocenters. The standard InChI is InChI=1S/C13H20ClN5S/c1-9-4-5-11(20-9)12(17-15)13-10(14)8-16-19(13)7-6-18(2)3/h4-5,8,12,17H,6-7,15H2,1-3H3. The van der Waals surface area contributed by atoms with E-state index >= 15 is 0 Å². The summed E-state index contributed by atoms with van der Waals surface area (Å²) in [5.41, 5.74) is 3.77. The summed E-state index contributed by atoms with van der Waals surface area (Å²) in [6.07, 6.45) is 1.68. The van der Waals surface area contributed by atoms with Crippen LogP contribution >= 0.6 is 22.9 Å². The lowest BCUT2D eigenvalue weighted by atomic mass is 10.2. The molecule has 2 heterocycles. The molecule has 20 heavy (non-hydrogen) atoms. The number of nitrogens with two attached hydrogens (primary N) is 1. The molecular formula is C13H20ClN5S. The zero-order valence-electron chi connectivity index (χ0n) is 11.9. The Labute approximate surface area is 128 Å². The highest BCUT2D eigenvalue weighted by atomic mass is 35.5. The summed E-state index contributed by atoms with van der Waals surface area (Å²) < 4.78 is 1.92. The van der Waals surface area contributed by atoms with E-state index in [1.165, 1.54) is 4.88 Å². The number of thiophene rings is 1. The number of hydrogen-bond donors (Lipinski definition) is 2. The second-order valence-corrected chi connectivity index (χ2v) is 6.68. The minimum absolute atomic E-state index is 0.133. The lowest BCUT2D eigenvalue weighted by Crippen LogP contribution is -2.31. The largest absolute Gasteiger partial charge is 0.308 e. The number of rotatable bonds is 6. The average Bonchev–Trinajstić information content (AvgIpc) is 2.97. The van der Waals surface area contributed by atoms with Gasteiger partial charge in [-0.1, -0.05) is 11.6 Å². The normalized spacial score (nSPS) is 13.1. The fourth-order valence-corrected chi connectivity index (χ4v) is 3.23. The van der Waals surface area contributed by atoms with Crippen LogP contribution in [0.4, 0.5) is 0 Å². The van der Waals surface area contributed by atoms with Crippen molar-refractivity contribution in [3.63, 3.8) is 0 Å². The van der Waals surface area contributed by atoms with Crippen molar-refractivity contribution in [3.8, 4) is 0 Å². The van der Waals surface area contributed by atoms with E-state index in [1.807, 2.05) is 18.8 Å². The molecule has 0 bridgehead atoms. The first-order chi connectivity index (χ1) is 9.52. The van der Waals surface area contributed by atoms with Gasteiger partial charge in [-0.15, -0.1) is 11.3 Å². The first kappa shape index (κ1) is 15.5. The van der Waals surface area contributed by atoms with Gasteiger partial charge in [0.1, 0.15) is 0 Å². The Bertz CT molecular complexity index is 563. The van der Waals surface area contributed by atoms with Crippen molar-refractivity contribution in [2.45, 2.75) is 19.5 Å². The van der Waals surface area contributed by atoms with Crippen molar-refractivity contribution in [2.24, 2.45) is 5.84 Å². The van der Waals surface area contributed by atoms with Crippen LogP contribution in [0.1, 0.15) is 21.5 Å². The number of halogens is 1. The first-order valence-electron chi connectivity index (χ1n) is 6.41. The van der Waals surface area contributed by atoms with Crippen molar-refractivity contribution in [1.29, 1.82) is 0 Å². The zero-order chi connectivity index (χ0) is 14.7. The summed E-state index contributed by atoms with van der Waals surface area (Å²) in [5, 5.41) is 4.99. The Morgan fingerprint density at radius 1 is 1.50 bits per heavy atom. The molecule has 2 rings (SSSR count). The van der Waals surface area contributed by atoms with Gasteiger partial charge in [0.05, 0.1) is 29.5 Å². The Balaban J connectivity index is 2.31. The number of aromatic nitrogens is 2. The van der Waals surface area contributed by atoms with Gasteiger partial charge >= 0.3 is 0 Å². The SMILES string of the molecule is Cc1ccc(C(NN)c2c(Cl)cnn2CCN(C)C)s1. The molecule has 0 spiro atoms. The smallest absolute Gasteiger partial charge is 0.0985 e. The molecule has 5 nitrogen and oxygen atoms in total. The molecule has 0 amide bonds. The molecule has 0 saturated heterocycles. The van der Waals surface area contributed by atoms with Crippen molar-refractivity contribution >= 4 is 22.9 Å². The van der Waals surface area contributed by atoms with Crippen LogP contribution < -0.4 is 11.3 Å². The minimum Gasteiger partial charge on any atom is -0.308 e. The molecule has 0 aliphatic carbocycles. The molecule has 0 aliphatic heterocycles. The fraction of sp³-hybridized carbons (Fsp3) is 0.462. The minimum atomic E-state index is -0.133. The summed E-state index contributed by atoms with van der Waals surface area (Å²) in [7, 11) is 4.07. The highest BCUT2D eigenvalue weighted by molar-refractivity contribution is 7.12. The van der Waals surface area contributed by atoms with E-state index in [2.05, 4.69) is 34.5 Å². The van der Waals surface area contributed by atoms with Crippen LogP contribution in [0.3, 0.4) is 0 Å². The third-order valence-electron chi connectivity index (χ3n) is 3.08. The molecule has 7 heteroatoms. The Morgan fingerprint density at radius 3 is 2.80 bits per heavy atom. The maximum Gasteiger partial charge on any atom is 0.0985 e. The zero-order valence-corrected chi connectivity index (χ0v) is 13.5. The molecule has 0 fully saturated rings. The van der Waals surface area contributed by atoms with E-state index in [-0.39, 0.29) is 6.04 Å². The summed E-state index contributed by atoms with van der Waals surface area (Å²) in [6.45, 7) is 3.75. The second kappa shape index (κ2) is 6.69. The van der Waals surface area contributed by atoms with Gasteiger partial charge in [-0.2, -0.15) is 5.10 Å². The summed E-state index contributed by atoms with van der Waals surface area (Å²) in [4.78, 5) is 4.49. The maximum atomic E-state index is 6.30. The van der Waals surface area contributed by atoms with Gasteiger partial charge in [-0.25, -0.2) is 5.43 Å². The third kappa shape index (κ3) is 3.39. The highest BCUT2D eigenvalue weighted by Crippen LogP contribution is 2.31. The molecule has 0 saturated carbocycles. The van der Waals surface area contributed by atoms with E-state index in [0.717, 1.165) is 23.7 Å². The Morgan fingerprint density at radius 2 is 2.25 bits per heavy atom. The molecule has 110 valence electrons. The molecule has 2 aromatic heterocycles. The van der Waals surface area contributed by atoms with Crippen LogP contribution in [0.5, 0.6) is 0 Å². The lowest BCUT2D eigenvalue weighted by molar-refractivity contribution is 0.366. The maximum absolute atomic E-state index is 6.30. The van der Waals surface area contributed by atoms with Crippen molar-refractivity contribution in [2.75, 3.05) is 20.6 Å². The van der Waals surface area contributed by atoms with Crippen molar-refractivity contribution in [3.05, 3.63) is 38.8 Å². The van der Waals surface area contributed by atoms with Gasteiger partial charge < -0.3 is 4.90 Å². The van der Waals surface area contributed by atoms with E-state index in [1.54, 1.807) is 17.5 Å². The molecule has 0 aromatic carbocycles. The van der Waals surface area contributed by atoms with Gasteiger partial charge in [-0.3, -0.25) is 10.5 Å². The van der Waals surface area contributed by atoms with Crippen LogP contribution in [0.15, 0.2) is 18.3 Å². The number of hydrazine groups is 1. The number of nitrogens with one attached hydrogen (secondary N) is 1. The van der Waals surface area contributed by atoms with E-state index in [4.69, 9.17) is 17.4 Å². The fourth-order valence-electron chi connectivity index (χ4n) is 2.04. The molecule has 2 aromatic rings. The van der Waals surface area contributed by atoms with E-state index < -0.39 is 0 Å². The Hall–Kier alpha value is -0.920. The quantitative estimate of drug-likeness (QED) is 0.633. The summed E-state index contributed by atoms with van der Waals surface area (Å²) in [6, 6.07) is 4.02. The van der Waals surface area contributed by atoms with Crippen LogP contribution in [0, 0.1) is 6.92 Å². The monoisotopic (exact) mass is 313 g/mol. The summed E-state index contributed by atoms with van der Waals surface area (Å²) >= 11 is 8.01. The van der Waals surface area contributed by atoms with Gasteiger partial charge in [0.2, 0.25) is 0 Å². The van der Waals surface area contributed by atoms with E-state index in [9.17, 15) is 0 Å². The predicted octanol–water partition coefficient (Wildman–Crippen LogP) is 2.02. The Kier molecular flexibility index (Phi) is 5.17. The number of likely N-dealkylation sites (N-methyl/N-ethyl adjacent to an activating group) is 1. The molecule has 1 unspecified atom stereocenters. The molecule has 3 N–H and O–H groups in total. The molecule has 0 aliphatic rings. The van der Waals surface area contributed by atoms with Gasteiger partial charge in [0.15, 0.2) is 0 Å². The molecular weight excluding hydrogens is 294 g/mol. The van der Waals surface area contributed by atoms with Crippen LogP contribution in [-0.2, 0) is 6.54 Å². The van der Waals surface area contributed by atoms with Crippen LogP contribution in [0.2, 0.25) is 5.02 Å². The predicted molar refractivity (Wildman–Crippen MR) is 84.0 cm³/mol. The van der Waals surface area contributed by atoms with Gasteiger partial charge in [-0.05, 0) is 33.2 Å². The third-order valence-corrected chi connectivity index (χ3v) is 4.43. The van der Waals surface area contributed by atoms with Gasteiger partial charge in [0.25, 0.3) is 0 Å². The molecule has 0 radical (unpaired) electrons. The average molecular weight is 314 g/mol. The van der Waals surface area contributed by atoms with Crippen molar-refractivity contribution < 1.29 is 0 Å². The van der Waals surface area contributed by atoms with E-state index in [0.29, 0.717) is 5.02 Å². The van der Waals surface area contributed by atoms with Gasteiger partial charge in [0, 0.05) is 16.3 Å². The highest BCUT2D eigenvalue weighted by Gasteiger charge is 2.22. The topological polar surface area (TPSA) is 59.1 Å². The van der Waals surface area contributed by atoms with Crippen LogP contribution in [0.25, 0.3) is 0 Å². The number of nitrogens with zero attached hydrogens (tertiary/aromatic N) is 3. The lowest BCUT2D eigenvalue weighted by Gasteiger charge is -2.18. The second-order valence-electron chi connectivity index (χ2n) is 4.95. The summed E-state index contributed by atoms with van der Waals surface area (Å²) in [5.74, 6) is 5.75. The van der Waals surface area contributed by atoms with Crippen molar-refractivity contribution in [1.82, 2.24) is 20.1 Å². The van der Waals surface area contributed by atoms with Crippen LogP contribution in [-0.4, -0.2) is 35.3 Å². The number of aryl methyl sites for hydroxylation is 1. The first-order valence-corrected chi connectivity index (χ1v) is 7.60.